The van der Waals surface area contributed by atoms with Gasteiger partial charge in [0.05, 0.1) is 13.2 Å². The normalized spacial score (nSPS) is 11.5. The molecule has 3 N–H and O–H groups in total. The number of hydrogen-bond donors (Lipinski definition) is 3. The Hall–Kier alpha value is -2.55. The standard InChI is InChI=1S/C15H19F2N3O4/c1-3-20(9-14(22)19-15(23)24-4-2)8-13(21)18-10-5-6-11(16)12(17)7-10/h5-7H,3-4,8-9H2,1-2H3,(H,18,21)(H,19,22,23)/p+1. The Morgan fingerprint density at radius 3 is 2.33 bits per heavy atom. The predicted octanol–water partition coefficient (Wildman–Crippen LogP) is 0.0808. The lowest BCUT2D eigenvalue weighted by Crippen LogP contribution is -3.14. The van der Waals surface area contributed by atoms with Gasteiger partial charge in [0, 0.05) is 11.8 Å². The summed E-state index contributed by atoms with van der Waals surface area (Å²) in [6, 6.07) is 3.00. The number of amides is 3. The molecule has 24 heavy (non-hydrogen) atoms. The van der Waals surface area contributed by atoms with Crippen LogP contribution in [0.5, 0.6) is 0 Å². The van der Waals surface area contributed by atoms with Gasteiger partial charge in [-0.2, -0.15) is 0 Å². The molecule has 0 fully saturated rings. The van der Waals surface area contributed by atoms with Crippen molar-refractivity contribution in [2.75, 3.05) is 31.6 Å². The van der Waals surface area contributed by atoms with Crippen molar-refractivity contribution in [2.24, 2.45) is 0 Å². The van der Waals surface area contributed by atoms with Crippen molar-refractivity contribution in [1.29, 1.82) is 0 Å². The van der Waals surface area contributed by atoms with Gasteiger partial charge in [0.25, 0.3) is 11.8 Å². The second-order valence-electron chi connectivity index (χ2n) is 4.90. The summed E-state index contributed by atoms with van der Waals surface area (Å²) >= 11 is 0. The van der Waals surface area contributed by atoms with Crippen LogP contribution >= 0.6 is 0 Å². The topological polar surface area (TPSA) is 88.9 Å². The highest BCUT2D eigenvalue weighted by molar-refractivity contribution is 5.93. The van der Waals surface area contributed by atoms with Crippen LogP contribution in [0.2, 0.25) is 0 Å². The van der Waals surface area contributed by atoms with Gasteiger partial charge in [-0.3, -0.25) is 14.9 Å². The summed E-state index contributed by atoms with van der Waals surface area (Å²) in [5, 5.41) is 4.46. The number of alkyl carbamates (subject to hydrolysis) is 1. The molecule has 132 valence electrons. The van der Waals surface area contributed by atoms with Crippen molar-refractivity contribution >= 4 is 23.6 Å². The fourth-order valence-corrected chi connectivity index (χ4v) is 1.87. The Bertz CT molecular complexity index is 610. The largest absolute Gasteiger partial charge is 0.450 e. The van der Waals surface area contributed by atoms with Gasteiger partial charge in [0.15, 0.2) is 24.7 Å². The van der Waals surface area contributed by atoms with E-state index in [1.54, 1.807) is 13.8 Å². The third-order valence-electron chi connectivity index (χ3n) is 3.04. The number of likely N-dealkylation sites (N-methyl/N-ethyl adjacent to an activating group) is 1. The molecule has 0 heterocycles. The van der Waals surface area contributed by atoms with Crippen LogP contribution in [-0.2, 0) is 14.3 Å². The first-order chi connectivity index (χ1) is 11.3. The fraction of sp³-hybridized carbons (Fsp3) is 0.400. The van der Waals surface area contributed by atoms with Crippen LogP contribution in [-0.4, -0.2) is 44.1 Å². The first-order valence-corrected chi connectivity index (χ1v) is 7.40. The zero-order valence-corrected chi connectivity index (χ0v) is 13.4. The van der Waals surface area contributed by atoms with E-state index in [1.165, 1.54) is 6.07 Å². The maximum absolute atomic E-state index is 13.1. The molecule has 0 radical (unpaired) electrons. The third-order valence-corrected chi connectivity index (χ3v) is 3.04. The maximum atomic E-state index is 13.1. The minimum atomic E-state index is -1.07. The second kappa shape index (κ2) is 9.56. The van der Waals surface area contributed by atoms with Gasteiger partial charge in [0.1, 0.15) is 0 Å². The van der Waals surface area contributed by atoms with Gasteiger partial charge >= 0.3 is 6.09 Å². The number of nitrogens with one attached hydrogen (secondary N) is 3. The Kier molecular flexibility index (Phi) is 7.76. The Morgan fingerprint density at radius 2 is 1.75 bits per heavy atom. The molecule has 1 aromatic carbocycles. The number of carbonyl (C=O) groups excluding carboxylic acids is 3. The molecule has 0 spiro atoms. The van der Waals surface area contributed by atoms with Gasteiger partial charge in [-0.05, 0) is 26.0 Å². The average molecular weight is 344 g/mol. The fourth-order valence-electron chi connectivity index (χ4n) is 1.87. The molecule has 0 saturated heterocycles. The number of hydrogen-bond acceptors (Lipinski definition) is 4. The molecule has 1 rings (SSSR count). The molecule has 0 bridgehead atoms. The van der Waals surface area contributed by atoms with E-state index in [0.717, 1.165) is 12.1 Å². The number of imide groups is 1. The Balaban J connectivity index is 2.51. The van der Waals surface area contributed by atoms with Crippen molar-refractivity contribution in [3.8, 4) is 0 Å². The average Bonchev–Trinajstić information content (AvgIpc) is 2.50. The van der Waals surface area contributed by atoms with Crippen LogP contribution in [0, 0.1) is 11.6 Å². The van der Waals surface area contributed by atoms with E-state index in [-0.39, 0.29) is 25.4 Å². The first-order valence-electron chi connectivity index (χ1n) is 7.40. The van der Waals surface area contributed by atoms with Crippen LogP contribution in [0.4, 0.5) is 19.3 Å². The maximum Gasteiger partial charge on any atom is 0.414 e. The number of rotatable bonds is 7. The molecule has 0 aromatic heterocycles. The SMILES string of the molecule is CCOC(=O)NC(=O)C[NH+](CC)CC(=O)Nc1ccc(F)c(F)c1. The second-order valence-corrected chi connectivity index (χ2v) is 4.90. The van der Waals surface area contributed by atoms with E-state index >= 15 is 0 Å². The quantitative estimate of drug-likeness (QED) is 0.654. The van der Waals surface area contributed by atoms with Gasteiger partial charge in [-0.1, -0.05) is 0 Å². The molecule has 3 amide bonds. The van der Waals surface area contributed by atoms with E-state index in [9.17, 15) is 23.2 Å². The van der Waals surface area contributed by atoms with Crippen molar-refractivity contribution in [2.45, 2.75) is 13.8 Å². The molecular formula is C15H20F2N3O4+. The summed E-state index contributed by atoms with van der Waals surface area (Å²) in [5.41, 5.74) is 0.116. The highest BCUT2D eigenvalue weighted by Gasteiger charge is 2.19. The van der Waals surface area contributed by atoms with Gasteiger partial charge in [-0.15, -0.1) is 0 Å². The summed E-state index contributed by atoms with van der Waals surface area (Å²) < 4.78 is 30.5. The summed E-state index contributed by atoms with van der Waals surface area (Å²) in [7, 11) is 0. The number of quaternary nitrogens is 1. The molecule has 0 aliphatic rings. The molecule has 1 unspecified atom stereocenters. The zero-order valence-electron chi connectivity index (χ0n) is 13.4. The van der Waals surface area contributed by atoms with Crippen LogP contribution in [0.25, 0.3) is 0 Å². The highest BCUT2D eigenvalue weighted by atomic mass is 19.2. The highest BCUT2D eigenvalue weighted by Crippen LogP contribution is 2.12. The summed E-state index contributed by atoms with van der Waals surface area (Å²) in [6.45, 7) is 3.77. The molecule has 0 aliphatic carbocycles. The van der Waals surface area contributed by atoms with Crippen LogP contribution in [0.3, 0.4) is 0 Å². The number of ether oxygens (including phenoxy) is 1. The minimum Gasteiger partial charge on any atom is -0.450 e. The van der Waals surface area contributed by atoms with Crippen LogP contribution in [0.1, 0.15) is 13.8 Å². The number of anilines is 1. The summed E-state index contributed by atoms with van der Waals surface area (Å²) in [4.78, 5) is 35.3. The lowest BCUT2D eigenvalue weighted by Gasteiger charge is -2.16. The minimum absolute atomic E-state index is 0.0776. The summed E-state index contributed by atoms with van der Waals surface area (Å²) in [5.74, 6) is -3.13. The van der Waals surface area contributed by atoms with E-state index in [4.69, 9.17) is 0 Å². The monoisotopic (exact) mass is 344 g/mol. The van der Waals surface area contributed by atoms with Crippen molar-refractivity contribution in [3.63, 3.8) is 0 Å². The smallest absolute Gasteiger partial charge is 0.414 e. The molecule has 0 saturated carbocycles. The molecule has 9 heteroatoms. The Morgan fingerprint density at radius 1 is 1.08 bits per heavy atom. The molecular weight excluding hydrogens is 324 g/mol. The van der Waals surface area contributed by atoms with E-state index < -0.39 is 29.5 Å². The van der Waals surface area contributed by atoms with E-state index in [0.29, 0.717) is 11.4 Å². The van der Waals surface area contributed by atoms with E-state index in [1.807, 2.05) is 5.32 Å². The van der Waals surface area contributed by atoms with Crippen LogP contribution < -0.4 is 15.5 Å². The van der Waals surface area contributed by atoms with Gasteiger partial charge in [0.2, 0.25) is 0 Å². The molecule has 7 nitrogen and oxygen atoms in total. The predicted molar refractivity (Wildman–Crippen MR) is 81.4 cm³/mol. The zero-order chi connectivity index (χ0) is 18.1. The number of halogens is 2. The summed E-state index contributed by atoms with van der Waals surface area (Å²) in [6.07, 6.45) is -0.843. The first kappa shape index (κ1) is 19.5. The number of benzene rings is 1. The van der Waals surface area contributed by atoms with Crippen molar-refractivity contribution < 1.29 is 32.8 Å². The molecule has 1 atom stereocenters. The number of carbonyl (C=O) groups is 3. The molecule has 1 aromatic rings. The molecule has 0 aliphatic heterocycles. The van der Waals surface area contributed by atoms with E-state index in [2.05, 4.69) is 10.1 Å². The van der Waals surface area contributed by atoms with Gasteiger partial charge < -0.3 is 15.0 Å². The Labute approximate surface area is 138 Å². The lowest BCUT2D eigenvalue weighted by atomic mass is 10.3. The lowest BCUT2D eigenvalue weighted by molar-refractivity contribution is -0.881. The third kappa shape index (κ3) is 6.69. The van der Waals surface area contributed by atoms with Crippen LogP contribution in [0.15, 0.2) is 18.2 Å². The van der Waals surface area contributed by atoms with Gasteiger partial charge in [-0.25, -0.2) is 13.6 Å². The van der Waals surface area contributed by atoms with Crippen molar-refractivity contribution in [3.05, 3.63) is 29.8 Å². The van der Waals surface area contributed by atoms with Crippen molar-refractivity contribution in [1.82, 2.24) is 5.32 Å².